The summed E-state index contributed by atoms with van der Waals surface area (Å²) in [4.78, 5) is 35.9. The lowest BCUT2D eigenvalue weighted by Crippen LogP contribution is -2.51. The van der Waals surface area contributed by atoms with Gasteiger partial charge in [0.1, 0.15) is 6.04 Å². The minimum Gasteiger partial charge on any atom is -0.480 e. The fourth-order valence-electron chi connectivity index (χ4n) is 2.07. The molecule has 1 aromatic carbocycles. The van der Waals surface area contributed by atoms with Crippen LogP contribution in [0.3, 0.4) is 0 Å². The number of anilines is 1. The van der Waals surface area contributed by atoms with Crippen molar-refractivity contribution in [3.63, 3.8) is 0 Å². The fourth-order valence-corrected chi connectivity index (χ4v) is 2.07. The summed E-state index contributed by atoms with van der Waals surface area (Å²) in [5, 5.41) is 9.35. The second-order valence-corrected chi connectivity index (χ2v) is 4.74. The van der Waals surface area contributed by atoms with Crippen LogP contribution in [-0.4, -0.2) is 36.2 Å². The molecule has 7 nitrogen and oxygen atoms in total. The molecule has 0 aliphatic carbocycles. The van der Waals surface area contributed by atoms with E-state index in [1.54, 1.807) is 26.0 Å². The molecule has 0 spiro atoms. The molecule has 1 aromatic rings. The van der Waals surface area contributed by atoms with Crippen molar-refractivity contribution >= 4 is 23.7 Å². The molecule has 0 fully saturated rings. The van der Waals surface area contributed by atoms with Crippen molar-refractivity contribution in [3.8, 4) is 0 Å². The van der Waals surface area contributed by atoms with Gasteiger partial charge in [-0.25, -0.2) is 14.4 Å². The van der Waals surface area contributed by atoms with Gasteiger partial charge in [0.15, 0.2) is 0 Å². The highest BCUT2D eigenvalue weighted by molar-refractivity contribution is 6.04. The molecule has 1 unspecified atom stereocenters. The number of carboxylic acids is 1. The summed E-state index contributed by atoms with van der Waals surface area (Å²) >= 11 is 0. The van der Waals surface area contributed by atoms with Crippen LogP contribution in [0.1, 0.15) is 24.2 Å². The summed E-state index contributed by atoms with van der Waals surface area (Å²) in [6.45, 7) is 3.30. The van der Waals surface area contributed by atoms with E-state index in [-0.39, 0.29) is 11.3 Å². The van der Waals surface area contributed by atoms with E-state index in [1.807, 2.05) is 0 Å². The van der Waals surface area contributed by atoms with Crippen LogP contribution in [-0.2, 0) is 9.53 Å². The molecule has 0 heterocycles. The Kier molecular flexibility index (Phi) is 5.29. The predicted octanol–water partition coefficient (Wildman–Crippen LogP) is 1.47. The van der Waals surface area contributed by atoms with E-state index in [0.29, 0.717) is 0 Å². The van der Waals surface area contributed by atoms with Gasteiger partial charge in [0.25, 0.3) is 0 Å². The first-order valence-electron chi connectivity index (χ1n) is 6.30. The van der Waals surface area contributed by atoms with Gasteiger partial charge in [0.05, 0.1) is 18.4 Å². The highest BCUT2D eigenvalue weighted by Crippen LogP contribution is 2.26. The van der Waals surface area contributed by atoms with Crippen LogP contribution in [0.4, 0.5) is 10.5 Å². The zero-order chi connectivity index (χ0) is 16.2. The van der Waals surface area contributed by atoms with Crippen LogP contribution < -0.4 is 10.6 Å². The third kappa shape index (κ3) is 3.50. The number of benzene rings is 1. The first-order valence-corrected chi connectivity index (χ1v) is 6.30. The third-order valence-corrected chi connectivity index (χ3v) is 2.97. The van der Waals surface area contributed by atoms with Crippen molar-refractivity contribution in [1.29, 1.82) is 0 Å². The van der Waals surface area contributed by atoms with Gasteiger partial charge in [-0.3, -0.25) is 4.90 Å². The molecule has 3 N–H and O–H groups in total. The molecule has 0 saturated carbocycles. The average molecular weight is 294 g/mol. The molecule has 0 saturated heterocycles. The molecule has 0 bridgehead atoms. The van der Waals surface area contributed by atoms with E-state index in [1.165, 1.54) is 19.2 Å². The van der Waals surface area contributed by atoms with Gasteiger partial charge >= 0.3 is 18.0 Å². The van der Waals surface area contributed by atoms with Crippen molar-refractivity contribution in [2.75, 3.05) is 12.0 Å². The minimum absolute atomic E-state index is 0.0747. The van der Waals surface area contributed by atoms with E-state index < -0.39 is 29.9 Å². The number of urea groups is 1. The van der Waals surface area contributed by atoms with Gasteiger partial charge in [-0.2, -0.15) is 0 Å². The van der Waals surface area contributed by atoms with Crippen LogP contribution in [0.25, 0.3) is 0 Å². The zero-order valence-electron chi connectivity index (χ0n) is 12.1. The van der Waals surface area contributed by atoms with Crippen molar-refractivity contribution in [3.05, 3.63) is 29.8 Å². The monoisotopic (exact) mass is 294 g/mol. The molecule has 0 radical (unpaired) electrons. The number of primary amides is 1. The Bertz CT molecular complexity index is 556. The predicted molar refractivity (Wildman–Crippen MR) is 76.1 cm³/mol. The van der Waals surface area contributed by atoms with E-state index in [9.17, 15) is 19.5 Å². The number of carbonyl (C=O) groups excluding carboxylic acids is 2. The van der Waals surface area contributed by atoms with Crippen LogP contribution in [0.2, 0.25) is 0 Å². The summed E-state index contributed by atoms with van der Waals surface area (Å²) in [7, 11) is 1.20. The maximum absolute atomic E-state index is 11.8. The number of para-hydroxylation sites is 1. The largest absolute Gasteiger partial charge is 0.480 e. The number of esters is 1. The number of rotatable bonds is 5. The third-order valence-electron chi connectivity index (χ3n) is 2.97. The van der Waals surface area contributed by atoms with E-state index >= 15 is 0 Å². The Morgan fingerprint density at radius 2 is 1.81 bits per heavy atom. The molecule has 1 rings (SSSR count). The van der Waals surface area contributed by atoms with E-state index in [0.717, 1.165) is 4.90 Å². The summed E-state index contributed by atoms with van der Waals surface area (Å²) < 4.78 is 4.64. The van der Waals surface area contributed by atoms with Gasteiger partial charge < -0.3 is 15.6 Å². The molecular weight excluding hydrogens is 276 g/mol. The molecule has 2 amide bonds. The Hall–Kier alpha value is -2.57. The van der Waals surface area contributed by atoms with Crippen LogP contribution >= 0.6 is 0 Å². The number of methoxy groups -OCH3 is 1. The normalized spacial score (nSPS) is 11.8. The van der Waals surface area contributed by atoms with Crippen LogP contribution in [0.15, 0.2) is 24.3 Å². The number of ether oxygens (including phenoxy) is 1. The summed E-state index contributed by atoms with van der Waals surface area (Å²) in [5.74, 6) is -2.28. The average Bonchev–Trinajstić information content (AvgIpc) is 2.42. The Balaban J connectivity index is 3.46. The molecule has 0 aliphatic heterocycles. The molecule has 21 heavy (non-hydrogen) atoms. The topological polar surface area (TPSA) is 110 Å². The Labute approximate surface area is 122 Å². The molecule has 114 valence electrons. The Morgan fingerprint density at radius 3 is 2.24 bits per heavy atom. The summed E-state index contributed by atoms with van der Waals surface area (Å²) in [5.41, 5.74) is 5.51. The van der Waals surface area contributed by atoms with E-state index in [2.05, 4.69) is 4.74 Å². The van der Waals surface area contributed by atoms with E-state index in [4.69, 9.17) is 5.73 Å². The van der Waals surface area contributed by atoms with Gasteiger partial charge in [0, 0.05) is 0 Å². The quantitative estimate of drug-likeness (QED) is 0.799. The minimum atomic E-state index is -1.21. The number of nitrogens with two attached hydrogens (primary N) is 1. The maximum Gasteiger partial charge on any atom is 0.339 e. The zero-order valence-corrected chi connectivity index (χ0v) is 12.1. The second-order valence-electron chi connectivity index (χ2n) is 4.74. The smallest absolute Gasteiger partial charge is 0.339 e. The molecule has 1 atom stereocenters. The van der Waals surface area contributed by atoms with Crippen LogP contribution in [0, 0.1) is 5.92 Å². The van der Waals surface area contributed by atoms with Crippen molar-refractivity contribution in [2.45, 2.75) is 19.9 Å². The molecule has 0 aromatic heterocycles. The highest BCUT2D eigenvalue weighted by atomic mass is 16.5. The first kappa shape index (κ1) is 16.5. The number of carbonyl (C=O) groups is 3. The van der Waals surface area contributed by atoms with Gasteiger partial charge in [-0.15, -0.1) is 0 Å². The highest BCUT2D eigenvalue weighted by Gasteiger charge is 2.34. The summed E-state index contributed by atoms with van der Waals surface area (Å²) in [6, 6.07) is 3.92. The maximum atomic E-state index is 11.8. The SMILES string of the molecule is COC(=O)c1ccccc1N(C(N)=O)C(C(=O)O)C(C)C. The number of amides is 2. The van der Waals surface area contributed by atoms with Crippen molar-refractivity contribution in [1.82, 2.24) is 0 Å². The molecular formula is C14H18N2O5. The number of hydrogen-bond acceptors (Lipinski definition) is 4. The lowest BCUT2D eigenvalue weighted by atomic mass is 10.0. The van der Waals surface area contributed by atoms with Gasteiger partial charge in [-0.05, 0) is 18.1 Å². The fraction of sp³-hybridized carbons (Fsp3) is 0.357. The van der Waals surface area contributed by atoms with Gasteiger partial charge in [-0.1, -0.05) is 26.0 Å². The number of hydrogen-bond donors (Lipinski definition) is 2. The lowest BCUT2D eigenvalue weighted by Gasteiger charge is -2.31. The summed E-state index contributed by atoms with van der Waals surface area (Å²) in [6.07, 6.45) is 0. The standard InChI is InChI=1S/C14H18N2O5/c1-8(2)11(12(17)18)16(14(15)20)10-7-5-4-6-9(10)13(19)21-3/h4-8,11H,1-3H3,(H2,15,20)(H,17,18). The van der Waals surface area contributed by atoms with Crippen molar-refractivity contribution in [2.24, 2.45) is 11.7 Å². The number of nitrogens with zero attached hydrogens (tertiary/aromatic N) is 1. The number of carboxylic acid groups (broad SMARTS) is 1. The Morgan fingerprint density at radius 1 is 1.24 bits per heavy atom. The van der Waals surface area contributed by atoms with Crippen LogP contribution in [0.5, 0.6) is 0 Å². The lowest BCUT2D eigenvalue weighted by molar-refractivity contribution is -0.139. The first-order chi connectivity index (χ1) is 9.81. The molecule has 0 aliphatic rings. The van der Waals surface area contributed by atoms with Crippen molar-refractivity contribution < 1.29 is 24.2 Å². The second kappa shape index (κ2) is 6.74. The number of aliphatic carboxylic acids is 1. The van der Waals surface area contributed by atoms with Gasteiger partial charge in [0.2, 0.25) is 0 Å². The molecule has 7 heteroatoms.